The zero-order chi connectivity index (χ0) is 21.8. The second-order valence-electron chi connectivity index (χ2n) is 6.99. The number of aromatic nitrogens is 3. The Morgan fingerprint density at radius 1 is 1.19 bits per heavy atom. The van der Waals surface area contributed by atoms with E-state index in [2.05, 4.69) is 19.7 Å². The summed E-state index contributed by atoms with van der Waals surface area (Å²) in [6, 6.07) is 8.59. The van der Waals surface area contributed by atoms with E-state index in [0.717, 1.165) is 0 Å². The monoisotopic (exact) mass is 464 g/mol. The van der Waals surface area contributed by atoms with Gasteiger partial charge >= 0.3 is 0 Å². The molecular formula is C20H20ClFN5O3S-. The highest BCUT2D eigenvalue weighted by Gasteiger charge is 2.19. The van der Waals surface area contributed by atoms with Crippen LogP contribution >= 0.6 is 11.6 Å². The van der Waals surface area contributed by atoms with Crippen molar-refractivity contribution in [2.75, 3.05) is 37.7 Å². The smallest absolute Gasteiger partial charge is 0.225 e. The molecule has 1 unspecified atom stereocenters. The van der Waals surface area contributed by atoms with Crippen LogP contribution in [0.1, 0.15) is 12.0 Å². The van der Waals surface area contributed by atoms with E-state index in [4.69, 9.17) is 16.3 Å². The summed E-state index contributed by atoms with van der Waals surface area (Å²) < 4.78 is 44.0. The number of aryl methyl sites for hydroxylation is 1. The summed E-state index contributed by atoms with van der Waals surface area (Å²) in [6.45, 7) is 2.71. The number of hydrogen-bond acceptors (Lipinski definition) is 7. The largest absolute Gasteiger partial charge is 0.760 e. The summed E-state index contributed by atoms with van der Waals surface area (Å²) >= 11 is 3.79. The molecule has 0 spiro atoms. The lowest BCUT2D eigenvalue weighted by Gasteiger charge is -2.28. The third-order valence-electron chi connectivity index (χ3n) is 5.00. The molecule has 1 aliphatic rings. The van der Waals surface area contributed by atoms with Crippen molar-refractivity contribution in [2.45, 2.75) is 12.8 Å². The average molecular weight is 465 g/mol. The van der Waals surface area contributed by atoms with Crippen molar-refractivity contribution < 1.29 is 17.9 Å². The Labute approximate surface area is 186 Å². The van der Waals surface area contributed by atoms with Crippen LogP contribution in [0.2, 0.25) is 5.28 Å². The lowest BCUT2D eigenvalue weighted by atomic mass is 10.0. The Balaban J connectivity index is 1.67. The second-order valence-corrected chi connectivity index (χ2v) is 8.09. The van der Waals surface area contributed by atoms with Gasteiger partial charge in [0, 0.05) is 36.5 Å². The third-order valence-corrected chi connectivity index (χ3v) is 5.61. The number of nitrogens with zero attached hydrogens (tertiary/aromatic N) is 4. The zero-order valence-electron chi connectivity index (χ0n) is 16.5. The molecule has 11 heteroatoms. The SMILES string of the molecule is O=S([O-])NCCCc1cccc(-c2ccc3nc(Cl)nc(N4CCOCC4)c3n2)c1F. The van der Waals surface area contributed by atoms with E-state index in [1.54, 1.807) is 30.3 Å². The Morgan fingerprint density at radius 3 is 2.77 bits per heavy atom. The minimum absolute atomic E-state index is 0.129. The fourth-order valence-electron chi connectivity index (χ4n) is 3.52. The van der Waals surface area contributed by atoms with Crippen LogP contribution in [0.15, 0.2) is 30.3 Å². The van der Waals surface area contributed by atoms with Gasteiger partial charge in [-0.3, -0.25) is 4.21 Å². The first-order valence-corrected chi connectivity index (χ1v) is 11.3. The highest BCUT2D eigenvalue weighted by molar-refractivity contribution is 7.77. The predicted molar refractivity (Wildman–Crippen MR) is 116 cm³/mol. The molecule has 1 aliphatic heterocycles. The molecule has 0 bridgehead atoms. The molecule has 1 fully saturated rings. The lowest BCUT2D eigenvalue weighted by molar-refractivity contribution is 0.122. The van der Waals surface area contributed by atoms with Gasteiger partial charge in [-0.2, -0.15) is 4.98 Å². The summed E-state index contributed by atoms with van der Waals surface area (Å²) in [4.78, 5) is 15.3. The first kappa shape index (κ1) is 22.0. The summed E-state index contributed by atoms with van der Waals surface area (Å²) in [7, 11) is 0. The number of hydrogen-bond donors (Lipinski definition) is 1. The van der Waals surface area contributed by atoms with Crippen LogP contribution in [0.3, 0.4) is 0 Å². The van der Waals surface area contributed by atoms with Gasteiger partial charge in [0.15, 0.2) is 5.82 Å². The summed E-state index contributed by atoms with van der Waals surface area (Å²) in [5.41, 5.74) is 2.46. The topological polar surface area (TPSA) is 103 Å². The van der Waals surface area contributed by atoms with Crippen molar-refractivity contribution in [3.05, 3.63) is 47.0 Å². The fraction of sp³-hybridized carbons (Fsp3) is 0.350. The number of halogens is 2. The number of fused-ring (bicyclic) bond motifs is 1. The first-order chi connectivity index (χ1) is 15.0. The van der Waals surface area contributed by atoms with E-state index < -0.39 is 11.3 Å². The van der Waals surface area contributed by atoms with Gasteiger partial charge in [-0.15, -0.1) is 0 Å². The summed E-state index contributed by atoms with van der Waals surface area (Å²) in [5.74, 6) is 0.230. The molecule has 1 aromatic carbocycles. The van der Waals surface area contributed by atoms with Crippen LogP contribution < -0.4 is 9.62 Å². The van der Waals surface area contributed by atoms with E-state index in [-0.39, 0.29) is 17.6 Å². The molecule has 8 nitrogen and oxygen atoms in total. The van der Waals surface area contributed by atoms with Gasteiger partial charge in [0.05, 0.1) is 24.4 Å². The Hall–Kier alpha value is -2.24. The zero-order valence-corrected chi connectivity index (χ0v) is 18.1. The number of benzene rings is 1. The van der Waals surface area contributed by atoms with Gasteiger partial charge in [-0.05, 0) is 48.2 Å². The highest BCUT2D eigenvalue weighted by Crippen LogP contribution is 2.30. The van der Waals surface area contributed by atoms with Crippen molar-refractivity contribution in [1.29, 1.82) is 0 Å². The maximum absolute atomic E-state index is 15.2. The van der Waals surface area contributed by atoms with E-state index in [9.17, 15) is 8.76 Å². The fourth-order valence-corrected chi connectivity index (χ4v) is 4.00. The Bertz CT molecular complexity index is 1110. The highest BCUT2D eigenvalue weighted by atomic mass is 35.5. The van der Waals surface area contributed by atoms with Gasteiger partial charge in [0.25, 0.3) is 0 Å². The van der Waals surface area contributed by atoms with Gasteiger partial charge in [0.2, 0.25) is 5.28 Å². The van der Waals surface area contributed by atoms with Crippen LogP contribution in [0.4, 0.5) is 10.2 Å². The molecule has 1 atom stereocenters. The molecular weight excluding hydrogens is 445 g/mol. The molecule has 1 saturated heterocycles. The van der Waals surface area contributed by atoms with Crippen molar-refractivity contribution in [1.82, 2.24) is 19.7 Å². The van der Waals surface area contributed by atoms with Gasteiger partial charge in [0.1, 0.15) is 11.3 Å². The molecule has 3 heterocycles. The van der Waals surface area contributed by atoms with Crippen LogP contribution in [-0.2, 0) is 22.4 Å². The van der Waals surface area contributed by atoms with Crippen LogP contribution in [0.25, 0.3) is 22.3 Å². The molecule has 4 rings (SSSR count). The van der Waals surface area contributed by atoms with Gasteiger partial charge < -0.3 is 14.2 Å². The Morgan fingerprint density at radius 2 is 2.00 bits per heavy atom. The lowest BCUT2D eigenvalue weighted by Crippen LogP contribution is -2.37. The maximum atomic E-state index is 15.2. The molecule has 164 valence electrons. The molecule has 3 aromatic rings. The molecule has 1 N–H and O–H groups in total. The van der Waals surface area contributed by atoms with Gasteiger partial charge in [-0.1, -0.05) is 12.1 Å². The van der Waals surface area contributed by atoms with E-state index in [0.29, 0.717) is 72.8 Å². The van der Waals surface area contributed by atoms with Crippen molar-refractivity contribution in [3.63, 3.8) is 0 Å². The first-order valence-electron chi connectivity index (χ1n) is 9.80. The Kier molecular flexibility index (Phi) is 7.03. The van der Waals surface area contributed by atoms with Gasteiger partial charge in [-0.25, -0.2) is 19.1 Å². The molecule has 0 aliphatic carbocycles. The normalized spacial score (nSPS) is 15.4. The quantitative estimate of drug-likeness (QED) is 0.325. The standard InChI is InChI=1S/C20H21ClFN5O3S/c21-20-25-16-7-6-15(24-18(16)19(26-20)27-9-11-30-12-10-27)14-5-1-3-13(17(14)22)4-2-8-23-31(28)29/h1,3,5-7,23H,2,4,8-12H2,(H,28,29)/p-1. The van der Waals surface area contributed by atoms with Crippen LogP contribution in [0, 0.1) is 5.82 Å². The molecule has 0 amide bonds. The summed E-state index contributed by atoms with van der Waals surface area (Å²) in [6.07, 6.45) is 0.877. The van der Waals surface area contributed by atoms with Crippen molar-refractivity contribution in [2.24, 2.45) is 0 Å². The number of anilines is 1. The van der Waals surface area contributed by atoms with Crippen molar-refractivity contribution in [3.8, 4) is 11.3 Å². The van der Waals surface area contributed by atoms with E-state index >= 15 is 4.39 Å². The average Bonchev–Trinajstić information content (AvgIpc) is 2.77. The van der Waals surface area contributed by atoms with Crippen LogP contribution in [-0.4, -0.2) is 56.6 Å². The van der Waals surface area contributed by atoms with Crippen LogP contribution in [0.5, 0.6) is 0 Å². The van der Waals surface area contributed by atoms with E-state index in [1.807, 2.05) is 4.90 Å². The number of ether oxygens (including phenoxy) is 1. The van der Waals surface area contributed by atoms with Crippen molar-refractivity contribution >= 4 is 39.7 Å². The maximum Gasteiger partial charge on any atom is 0.225 e. The third kappa shape index (κ3) is 5.16. The molecule has 31 heavy (non-hydrogen) atoms. The minimum Gasteiger partial charge on any atom is -0.760 e. The number of morpholine rings is 1. The van der Waals surface area contributed by atoms with E-state index in [1.165, 1.54) is 0 Å². The number of nitrogens with one attached hydrogen (secondary N) is 1. The predicted octanol–water partition coefficient (Wildman–Crippen LogP) is 2.64. The summed E-state index contributed by atoms with van der Waals surface area (Å²) in [5, 5.41) is 0.129. The second kappa shape index (κ2) is 9.92. The molecule has 2 aromatic heterocycles. The molecule has 0 saturated carbocycles. The minimum atomic E-state index is -2.32. The number of rotatable bonds is 7. The molecule has 0 radical (unpaired) electrons. The number of pyridine rings is 1.